The van der Waals surface area contributed by atoms with E-state index in [1.165, 1.54) is 0 Å². The molecule has 0 amide bonds. The van der Waals surface area contributed by atoms with Crippen LogP contribution in [0.3, 0.4) is 0 Å². The average molecular weight is 502 g/mol. The number of anilines is 1. The van der Waals surface area contributed by atoms with Gasteiger partial charge in [0.1, 0.15) is 11.8 Å². The van der Waals surface area contributed by atoms with Gasteiger partial charge in [-0.05, 0) is 86.5 Å². The Kier molecular flexibility index (Phi) is 6.49. The van der Waals surface area contributed by atoms with Gasteiger partial charge >= 0.3 is 0 Å². The molecule has 0 aliphatic carbocycles. The zero-order chi connectivity index (χ0) is 26.3. The van der Waals surface area contributed by atoms with Crippen molar-refractivity contribution >= 4 is 16.6 Å². The molecule has 1 fully saturated rings. The number of hydrogen-bond acceptors (Lipinski definition) is 7. The van der Waals surface area contributed by atoms with Crippen LogP contribution >= 0.6 is 0 Å². The highest BCUT2D eigenvalue weighted by Gasteiger charge is 2.35. The number of fused-ring (bicyclic) bond motifs is 1. The number of nitrogens with one attached hydrogen (secondary N) is 1. The number of hydrogen-bond donors (Lipinski definition) is 1. The van der Waals surface area contributed by atoms with Crippen molar-refractivity contribution in [1.29, 1.82) is 0 Å². The molecule has 0 bridgehead atoms. The molecule has 5 rings (SSSR count). The summed E-state index contributed by atoms with van der Waals surface area (Å²) in [6.07, 6.45) is 0. The Morgan fingerprint density at radius 3 is 2.30 bits per heavy atom. The Balaban J connectivity index is 1.55. The number of methoxy groups -OCH3 is 1. The van der Waals surface area contributed by atoms with Gasteiger partial charge in [-0.1, -0.05) is 12.1 Å². The Bertz CT molecular complexity index is 1460. The largest absolute Gasteiger partial charge is 0.497 e. The zero-order valence-corrected chi connectivity index (χ0v) is 22.4. The van der Waals surface area contributed by atoms with E-state index in [0.29, 0.717) is 11.4 Å². The highest BCUT2D eigenvalue weighted by molar-refractivity contribution is 5.85. The summed E-state index contributed by atoms with van der Waals surface area (Å²) in [5.41, 5.74) is 4.44. The summed E-state index contributed by atoms with van der Waals surface area (Å²) in [4.78, 5) is 21.5. The maximum atomic E-state index is 13.6. The van der Waals surface area contributed by atoms with Crippen LogP contribution in [0.15, 0.2) is 47.3 Å². The second kappa shape index (κ2) is 9.63. The second-order valence-corrected chi connectivity index (χ2v) is 10.8. The predicted octanol–water partition coefficient (Wildman–Crippen LogP) is 3.81. The number of aromatic amines is 1. The van der Waals surface area contributed by atoms with Crippen LogP contribution in [0.25, 0.3) is 10.9 Å². The highest BCUT2D eigenvalue weighted by Crippen LogP contribution is 2.32. The van der Waals surface area contributed by atoms with E-state index in [1.54, 1.807) is 7.11 Å². The van der Waals surface area contributed by atoms with Crippen LogP contribution in [-0.2, 0) is 5.54 Å². The summed E-state index contributed by atoms with van der Waals surface area (Å²) in [5, 5.41) is 13.9. The minimum absolute atomic E-state index is 0.104. The lowest BCUT2D eigenvalue weighted by Crippen LogP contribution is -2.49. The molecule has 4 aromatic rings. The Morgan fingerprint density at radius 1 is 0.973 bits per heavy atom. The van der Waals surface area contributed by atoms with Gasteiger partial charge in [0.05, 0.1) is 18.2 Å². The lowest BCUT2D eigenvalue weighted by molar-refractivity contribution is 0.190. The fourth-order valence-electron chi connectivity index (χ4n) is 5.17. The van der Waals surface area contributed by atoms with Crippen LogP contribution in [0.2, 0.25) is 0 Å². The summed E-state index contributed by atoms with van der Waals surface area (Å²) >= 11 is 0. The third-order valence-electron chi connectivity index (χ3n) is 7.26. The number of piperazine rings is 1. The number of tetrazole rings is 1. The fraction of sp³-hybridized carbons (Fsp3) is 0.429. The molecular weight excluding hydrogens is 466 g/mol. The van der Waals surface area contributed by atoms with Crippen LogP contribution in [-0.4, -0.2) is 63.4 Å². The maximum Gasteiger partial charge on any atom is 0.253 e. The number of ether oxygens (including phenoxy) is 1. The van der Waals surface area contributed by atoms with E-state index >= 15 is 0 Å². The third-order valence-corrected chi connectivity index (χ3v) is 7.26. The summed E-state index contributed by atoms with van der Waals surface area (Å²) in [6.45, 7) is 13.5. The molecule has 2 aromatic heterocycles. The molecule has 9 heteroatoms. The smallest absolute Gasteiger partial charge is 0.253 e. The SMILES string of the molecule is COc1ccc(N2CCN([C@H](c3cc4c(C)ccc(C)c4[nH]c3=O)c3nnnn3C(C)(C)C)CC2)cc1. The molecule has 1 aliphatic rings. The highest BCUT2D eigenvalue weighted by atomic mass is 16.5. The monoisotopic (exact) mass is 501 g/mol. The van der Waals surface area contributed by atoms with Gasteiger partial charge < -0.3 is 14.6 Å². The van der Waals surface area contributed by atoms with Crippen molar-refractivity contribution < 1.29 is 4.74 Å². The molecular formula is C28H35N7O2. The van der Waals surface area contributed by atoms with Crippen LogP contribution in [0.4, 0.5) is 5.69 Å². The number of pyridine rings is 1. The van der Waals surface area contributed by atoms with E-state index in [0.717, 1.165) is 59.6 Å². The van der Waals surface area contributed by atoms with Crippen molar-refractivity contribution in [2.75, 3.05) is 38.2 Å². The molecule has 1 saturated heterocycles. The quantitative estimate of drug-likeness (QED) is 0.445. The van der Waals surface area contributed by atoms with Gasteiger partial charge in [-0.3, -0.25) is 9.69 Å². The van der Waals surface area contributed by atoms with Gasteiger partial charge in [-0.15, -0.1) is 5.10 Å². The van der Waals surface area contributed by atoms with Gasteiger partial charge in [0, 0.05) is 42.8 Å². The molecule has 1 aliphatic heterocycles. The molecule has 0 saturated carbocycles. The van der Waals surface area contributed by atoms with Crippen molar-refractivity contribution in [2.45, 2.75) is 46.2 Å². The molecule has 0 radical (unpaired) electrons. The number of H-pyrrole nitrogens is 1. The van der Waals surface area contributed by atoms with E-state index in [2.05, 4.69) is 76.2 Å². The van der Waals surface area contributed by atoms with E-state index in [9.17, 15) is 4.79 Å². The van der Waals surface area contributed by atoms with E-state index < -0.39 is 0 Å². The van der Waals surface area contributed by atoms with Crippen molar-refractivity contribution in [3.8, 4) is 5.75 Å². The summed E-state index contributed by atoms with van der Waals surface area (Å²) in [7, 11) is 1.68. The molecule has 37 heavy (non-hydrogen) atoms. The van der Waals surface area contributed by atoms with Crippen LogP contribution in [0.1, 0.15) is 49.3 Å². The average Bonchev–Trinajstić information content (AvgIpc) is 3.38. The predicted molar refractivity (Wildman–Crippen MR) is 145 cm³/mol. The minimum Gasteiger partial charge on any atom is -0.497 e. The lowest BCUT2D eigenvalue weighted by atomic mass is 9.98. The first kappa shape index (κ1) is 25.0. The first-order valence-corrected chi connectivity index (χ1v) is 12.7. The summed E-state index contributed by atoms with van der Waals surface area (Å²) in [5.74, 6) is 1.53. The van der Waals surface area contributed by atoms with Gasteiger partial charge in [0.2, 0.25) is 0 Å². The van der Waals surface area contributed by atoms with Crippen molar-refractivity contribution in [1.82, 2.24) is 30.1 Å². The summed E-state index contributed by atoms with van der Waals surface area (Å²) < 4.78 is 7.16. The summed E-state index contributed by atoms with van der Waals surface area (Å²) in [6, 6.07) is 14.0. The van der Waals surface area contributed by atoms with Crippen LogP contribution in [0, 0.1) is 13.8 Å². The van der Waals surface area contributed by atoms with Crippen molar-refractivity contribution in [3.63, 3.8) is 0 Å². The molecule has 0 spiro atoms. The normalized spacial score (nSPS) is 15.8. The first-order chi connectivity index (χ1) is 17.7. The molecule has 0 unspecified atom stereocenters. The standard InChI is InChI=1S/C28H35N7O2/c1-18-7-8-19(2)24-22(18)17-23(27(36)29-24)25(26-30-31-32-35(26)28(3,4)5)34-15-13-33(14-16-34)20-9-11-21(37-6)12-10-20/h7-12,17,25H,13-16H2,1-6H3,(H,29,36)/t25-/m1/s1. The number of nitrogens with zero attached hydrogens (tertiary/aromatic N) is 6. The number of benzene rings is 2. The van der Waals surface area contributed by atoms with Gasteiger partial charge in [-0.2, -0.15) is 0 Å². The van der Waals surface area contributed by atoms with E-state index in [-0.39, 0.29) is 17.1 Å². The van der Waals surface area contributed by atoms with Gasteiger partial charge in [-0.25, -0.2) is 4.68 Å². The molecule has 3 heterocycles. The molecule has 194 valence electrons. The molecule has 2 aromatic carbocycles. The zero-order valence-electron chi connectivity index (χ0n) is 22.4. The van der Waals surface area contributed by atoms with Gasteiger partial charge in [0.15, 0.2) is 5.82 Å². The fourth-order valence-corrected chi connectivity index (χ4v) is 5.17. The van der Waals surface area contributed by atoms with Crippen molar-refractivity contribution in [3.05, 3.63) is 75.3 Å². The van der Waals surface area contributed by atoms with Crippen molar-refractivity contribution in [2.24, 2.45) is 0 Å². The van der Waals surface area contributed by atoms with Gasteiger partial charge in [0.25, 0.3) is 5.56 Å². The van der Waals surface area contributed by atoms with E-state index in [4.69, 9.17) is 4.74 Å². The lowest BCUT2D eigenvalue weighted by Gasteiger charge is -2.40. The number of rotatable bonds is 5. The molecule has 1 atom stereocenters. The Morgan fingerprint density at radius 2 is 1.65 bits per heavy atom. The maximum absolute atomic E-state index is 13.6. The minimum atomic E-state index is -0.375. The van der Waals surface area contributed by atoms with Crippen LogP contribution in [0.5, 0.6) is 5.75 Å². The molecule has 1 N–H and O–H groups in total. The third kappa shape index (κ3) is 4.71. The topological polar surface area (TPSA) is 92.2 Å². The Hall–Kier alpha value is -3.72. The number of aryl methyl sites for hydroxylation is 2. The first-order valence-electron chi connectivity index (χ1n) is 12.7. The molecule has 9 nitrogen and oxygen atoms in total. The van der Waals surface area contributed by atoms with E-state index in [1.807, 2.05) is 35.9 Å². The van der Waals surface area contributed by atoms with Crippen LogP contribution < -0.4 is 15.2 Å². The second-order valence-electron chi connectivity index (χ2n) is 10.8. The Labute approximate surface area is 217 Å². The number of aromatic nitrogens is 5.